The molecular weight excluding hydrogens is 422 g/mol. The third kappa shape index (κ3) is 6.12. The van der Waals surface area contributed by atoms with Gasteiger partial charge in [0.2, 0.25) is 5.95 Å². The zero-order chi connectivity index (χ0) is 23.2. The van der Waals surface area contributed by atoms with E-state index in [0.717, 1.165) is 31.7 Å². The first-order valence-electron chi connectivity index (χ1n) is 11.5. The Balaban J connectivity index is 1.49. The van der Waals surface area contributed by atoms with Crippen LogP contribution < -0.4 is 10.6 Å². The van der Waals surface area contributed by atoms with Crippen LogP contribution in [0.15, 0.2) is 54.9 Å². The fourth-order valence-corrected chi connectivity index (χ4v) is 4.49. The number of aliphatic hydroxyl groups is 1. The summed E-state index contributed by atoms with van der Waals surface area (Å²) in [5.74, 6) is -0.926. The fraction of sp³-hybridized carbons (Fsp3) is 0.385. The van der Waals surface area contributed by atoms with E-state index in [0.29, 0.717) is 18.1 Å². The van der Waals surface area contributed by atoms with E-state index in [1.165, 1.54) is 28.8 Å². The number of nitrogens with one attached hydrogen (secondary N) is 2. The molecule has 0 spiro atoms. The second-order valence-corrected chi connectivity index (χ2v) is 8.61. The number of anilines is 1. The second-order valence-electron chi connectivity index (χ2n) is 8.61. The maximum Gasteiger partial charge on any atom is 0.222 e. The van der Waals surface area contributed by atoms with E-state index in [2.05, 4.69) is 45.7 Å². The number of halogens is 2. The lowest BCUT2D eigenvalue weighted by Gasteiger charge is -2.30. The highest BCUT2D eigenvalue weighted by atomic mass is 19.1. The van der Waals surface area contributed by atoms with Crippen LogP contribution in [0, 0.1) is 11.6 Å². The summed E-state index contributed by atoms with van der Waals surface area (Å²) in [7, 11) is 0. The molecule has 1 aromatic heterocycles. The minimum atomic E-state index is -0.833. The molecule has 0 amide bonds. The molecule has 0 saturated heterocycles. The van der Waals surface area contributed by atoms with E-state index < -0.39 is 23.8 Å². The van der Waals surface area contributed by atoms with Crippen molar-refractivity contribution in [1.29, 1.82) is 0 Å². The average Bonchev–Trinajstić information content (AvgIpc) is 2.81. The lowest BCUT2D eigenvalue weighted by atomic mass is 9.86. The molecule has 1 heterocycles. The van der Waals surface area contributed by atoms with E-state index in [9.17, 15) is 13.9 Å². The van der Waals surface area contributed by atoms with Crippen molar-refractivity contribution in [2.45, 2.75) is 57.2 Å². The van der Waals surface area contributed by atoms with Gasteiger partial charge in [-0.25, -0.2) is 18.7 Å². The Morgan fingerprint density at radius 2 is 1.82 bits per heavy atom. The normalized spacial score (nSPS) is 17.3. The lowest BCUT2D eigenvalue weighted by molar-refractivity contribution is 0.143. The zero-order valence-electron chi connectivity index (χ0n) is 18.8. The third-order valence-corrected chi connectivity index (χ3v) is 6.23. The van der Waals surface area contributed by atoms with Crippen molar-refractivity contribution in [3.63, 3.8) is 0 Å². The number of fused-ring (bicyclic) bond motifs is 1. The van der Waals surface area contributed by atoms with Gasteiger partial charge in [-0.15, -0.1) is 0 Å². The molecule has 0 aliphatic heterocycles. The number of nitrogens with zero attached hydrogens (tertiary/aromatic N) is 2. The standard InChI is InChI=1S/C26H30F2N4O/c1-2-17-7-8-19-5-3-6-23(22(19)13-17)31-16-25(33)24(32-26-29-9-4-10-30-26)14-18-11-20(27)15-21(28)12-18/h4,7-13,15,23-25,31,33H,2-3,5-6,14,16H2,1H3,(H,29,30,32). The van der Waals surface area contributed by atoms with Crippen molar-refractivity contribution in [3.8, 4) is 0 Å². The molecule has 174 valence electrons. The summed E-state index contributed by atoms with van der Waals surface area (Å²) in [6.07, 6.45) is 6.73. The molecule has 3 unspecified atom stereocenters. The van der Waals surface area contributed by atoms with Gasteiger partial charge in [-0.3, -0.25) is 0 Å². The highest BCUT2D eigenvalue weighted by molar-refractivity contribution is 5.36. The smallest absolute Gasteiger partial charge is 0.222 e. The van der Waals surface area contributed by atoms with E-state index in [-0.39, 0.29) is 12.5 Å². The molecule has 4 rings (SSSR count). The Bertz CT molecular complexity index is 1040. The molecule has 1 aliphatic carbocycles. The van der Waals surface area contributed by atoms with Gasteiger partial charge < -0.3 is 15.7 Å². The molecule has 0 saturated carbocycles. The lowest BCUT2D eigenvalue weighted by Crippen LogP contribution is -2.44. The predicted molar refractivity (Wildman–Crippen MR) is 125 cm³/mol. The van der Waals surface area contributed by atoms with Crippen LogP contribution in [0.4, 0.5) is 14.7 Å². The van der Waals surface area contributed by atoms with E-state index >= 15 is 0 Å². The second kappa shape index (κ2) is 10.8. The number of aryl methyl sites for hydroxylation is 2. The summed E-state index contributed by atoms with van der Waals surface area (Å²) in [6, 6.07) is 11.4. The molecule has 1 aliphatic rings. The van der Waals surface area contributed by atoms with Crippen LogP contribution in [-0.4, -0.2) is 33.8 Å². The third-order valence-electron chi connectivity index (χ3n) is 6.23. The van der Waals surface area contributed by atoms with Crippen LogP contribution in [0.5, 0.6) is 0 Å². The Labute approximate surface area is 193 Å². The monoisotopic (exact) mass is 452 g/mol. The van der Waals surface area contributed by atoms with Crippen molar-refractivity contribution < 1.29 is 13.9 Å². The van der Waals surface area contributed by atoms with Gasteiger partial charge >= 0.3 is 0 Å². The van der Waals surface area contributed by atoms with Crippen LogP contribution in [0.25, 0.3) is 0 Å². The Kier molecular flexibility index (Phi) is 7.62. The highest BCUT2D eigenvalue weighted by Gasteiger charge is 2.25. The summed E-state index contributed by atoms with van der Waals surface area (Å²) in [5, 5.41) is 17.7. The maximum absolute atomic E-state index is 13.7. The van der Waals surface area contributed by atoms with Gasteiger partial charge in [0.15, 0.2) is 0 Å². The predicted octanol–water partition coefficient (Wildman–Crippen LogP) is 4.37. The van der Waals surface area contributed by atoms with Gasteiger partial charge in [-0.2, -0.15) is 0 Å². The molecule has 0 bridgehead atoms. The van der Waals surface area contributed by atoms with Crippen molar-refractivity contribution in [2.24, 2.45) is 0 Å². The summed E-state index contributed by atoms with van der Waals surface area (Å²) in [4.78, 5) is 8.35. The topological polar surface area (TPSA) is 70.1 Å². The molecule has 5 nitrogen and oxygen atoms in total. The minimum absolute atomic E-state index is 0.162. The molecule has 3 atom stereocenters. The van der Waals surface area contributed by atoms with Gasteiger partial charge in [-0.1, -0.05) is 25.1 Å². The molecule has 0 fully saturated rings. The summed E-state index contributed by atoms with van der Waals surface area (Å²) in [6.45, 7) is 2.47. The SMILES string of the molecule is CCc1ccc2c(c1)C(NCC(O)C(Cc1cc(F)cc(F)c1)Nc1ncccn1)CCC2. The minimum Gasteiger partial charge on any atom is -0.390 e. The largest absolute Gasteiger partial charge is 0.390 e. The van der Waals surface area contributed by atoms with Crippen molar-refractivity contribution in [1.82, 2.24) is 15.3 Å². The fourth-order valence-electron chi connectivity index (χ4n) is 4.49. The molecule has 7 heteroatoms. The average molecular weight is 453 g/mol. The van der Waals surface area contributed by atoms with Crippen molar-refractivity contribution in [2.75, 3.05) is 11.9 Å². The maximum atomic E-state index is 13.7. The summed E-state index contributed by atoms with van der Waals surface area (Å²) >= 11 is 0. The first kappa shape index (κ1) is 23.3. The number of rotatable bonds is 9. The Hall–Kier alpha value is -2.90. The van der Waals surface area contributed by atoms with E-state index in [1.807, 2.05) is 0 Å². The number of hydrogen-bond donors (Lipinski definition) is 3. The molecule has 33 heavy (non-hydrogen) atoms. The molecule has 2 aromatic carbocycles. The van der Waals surface area contributed by atoms with Gasteiger partial charge in [0.25, 0.3) is 0 Å². The molecule has 0 radical (unpaired) electrons. The van der Waals surface area contributed by atoms with Crippen LogP contribution in [0.3, 0.4) is 0 Å². The first-order chi connectivity index (χ1) is 16.0. The quantitative estimate of drug-likeness (QED) is 0.450. The molecular formula is C26H30F2N4O. The number of aromatic nitrogens is 2. The summed E-state index contributed by atoms with van der Waals surface area (Å²) in [5.41, 5.74) is 4.41. The molecule has 3 N–H and O–H groups in total. The van der Waals surface area contributed by atoms with Crippen LogP contribution >= 0.6 is 0 Å². The zero-order valence-corrected chi connectivity index (χ0v) is 18.8. The number of hydrogen-bond acceptors (Lipinski definition) is 5. The van der Waals surface area contributed by atoms with Crippen LogP contribution in [0.1, 0.15) is 48.1 Å². The van der Waals surface area contributed by atoms with Crippen LogP contribution in [0.2, 0.25) is 0 Å². The van der Waals surface area contributed by atoms with Crippen molar-refractivity contribution >= 4 is 5.95 Å². The first-order valence-corrected chi connectivity index (χ1v) is 11.5. The highest BCUT2D eigenvalue weighted by Crippen LogP contribution is 2.30. The Morgan fingerprint density at radius 3 is 2.55 bits per heavy atom. The summed E-state index contributed by atoms with van der Waals surface area (Å²) < 4.78 is 27.5. The molecule has 3 aromatic rings. The Morgan fingerprint density at radius 1 is 1.06 bits per heavy atom. The van der Waals surface area contributed by atoms with E-state index in [4.69, 9.17) is 0 Å². The van der Waals surface area contributed by atoms with Gasteiger partial charge in [0.1, 0.15) is 11.6 Å². The van der Waals surface area contributed by atoms with Gasteiger partial charge in [0, 0.05) is 31.0 Å². The van der Waals surface area contributed by atoms with Crippen molar-refractivity contribution in [3.05, 3.63) is 88.7 Å². The van der Waals surface area contributed by atoms with Gasteiger partial charge in [-0.05, 0) is 72.6 Å². The van der Waals surface area contributed by atoms with Gasteiger partial charge in [0.05, 0.1) is 12.1 Å². The van der Waals surface area contributed by atoms with Crippen LogP contribution in [-0.2, 0) is 19.3 Å². The number of aliphatic hydroxyl groups excluding tert-OH is 1. The van der Waals surface area contributed by atoms with E-state index in [1.54, 1.807) is 18.5 Å². The number of benzene rings is 2.